The molecular weight excluding hydrogens is 402 g/mol. The summed E-state index contributed by atoms with van der Waals surface area (Å²) in [6.45, 7) is 12.8. The topological polar surface area (TPSA) is 102 Å². The maximum atomic E-state index is 12.6. The molecule has 0 saturated carbocycles. The molecule has 2 aromatic heterocycles. The van der Waals surface area contributed by atoms with Gasteiger partial charge in [-0.25, -0.2) is 4.79 Å². The molecule has 9 heteroatoms. The molecule has 0 bridgehead atoms. The molecule has 30 heavy (non-hydrogen) atoms. The van der Waals surface area contributed by atoms with Gasteiger partial charge in [0.2, 0.25) is 0 Å². The van der Waals surface area contributed by atoms with Gasteiger partial charge < -0.3 is 19.6 Å². The maximum absolute atomic E-state index is 12.6. The van der Waals surface area contributed by atoms with Crippen molar-refractivity contribution in [1.29, 1.82) is 0 Å². The molecule has 0 unspecified atom stereocenters. The zero-order valence-electron chi connectivity index (χ0n) is 19.0. The second kappa shape index (κ2) is 10.7. The molecule has 0 radical (unpaired) electrons. The number of nitrogens with one attached hydrogen (secondary N) is 2. The molecule has 0 aliphatic carbocycles. The molecule has 0 aliphatic heterocycles. The van der Waals surface area contributed by atoms with Crippen LogP contribution in [0.25, 0.3) is 0 Å². The first-order valence-electron chi connectivity index (χ1n) is 10.3. The lowest BCUT2D eigenvalue weighted by atomic mass is 10.1. The maximum Gasteiger partial charge on any atom is 0.340 e. The van der Waals surface area contributed by atoms with Gasteiger partial charge in [0.15, 0.2) is 5.16 Å². The predicted molar refractivity (Wildman–Crippen MR) is 118 cm³/mol. The fraction of sp³-hybridized carbons (Fsp3) is 0.619. The van der Waals surface area contributed by atoms with Crippen LogP contribution in [0.5, 0.6) is 0 Å². The Kier molecular flexibility index (Phi) is 8.52. The SMILES string of the molecule is CSc1nnc(CCCNC(=O)c2[nH]c(C)c(C(=O)OC(C)C)c2C)n1CC(C)C. The number of aromatic amines is 1. The summed E-state index contributed by atoms with van der Waals surface area (Å²) in [5.41, 5.74) is 2.07. The Labute approximate surface area is 182 Å². The molecule has 0 saturated heterocycles. The summed E-state index contributed by atoms with van der Waals surface area (Å²) in [4.78, 5) is 27.9. The summed E-state index contributed by atoms with van der Waals surface area (Å²) >= 11 is 1.59. The van der Waals surface area contributed by atoms with Crippen molar-refractivity contribution >= 4 is 23.6 Å². The van der Waals surface area contributed by atoms with Crippen LogP contribution in [0.4, 0.5) is 0 Å². The lowest BCUT2D eigenvalue weighted by molar-refractivity contribution is 0.0376. The van der Waals surface area contributed by atoms with Crippen LogP contribution in [0.3, 0.4) is 0 Å². The molecule has 0 fully saturated rings. The van der Waals surface area contributed by atoms with E-state index in [-0.39, 0.29) is 12.0 Å². The number of H-pyrrole nitrogens is 1. The van der Waals surface area contributed by atoms with Crippen LogP contribution in [0.2, 0.25) is 0 Å². The highest BCUT2D eigenvalue weighted by Crippen LogP contribution is 2.20. The van der Waals surface area contributed by atoms with Crippen LogP contribution in [0.1, 0.15) is 72.0 Å². The van der Waals surface area contributed by atoms with E-state index in [1.165, 1.54) is 0 Å². The third kappa shape index (κ3) is 5.87. The van der Waals surface area contributed by atoms with Crippen LogP contribution in [0.15, 0.2) is 5.16 Å². The molecule has 2 N–H and O–H groups in total. The van der Waals surface area contributed by atoms with Crippen LogP contribution >= 0.6 is 11.8 Å². The van der Waals surface area contributed by atoms with Crippen LogP contribution in [-0.2, 0) is 17.7 Å². The van der Waals surface area contributed by atoms with Crippen LogP contribution in [0, 0.1) is 19.8 Å². The number of aryl methyl sites for hydroxylation is 2. The Balaban J connectivity index is 1.96. The van der Waals surface area contributed by atoms with Gasteiger partial charge in [0.05, 0.1) is 11.7 Å². The summed E-state index contributed by atoms with van der Waals surface area (Å²) in [5.74, 6) is 0.797. The highest BCUT2D eigenvalue weighted by Gasteiger charge is 2.23. The molecule has 1 amide bonds. The van der Waals surface area contributed by atoms with E-state index in [0.29, 0.717) is 35.0 Å². The summed E-state index contributed by atoms with van der Waals surface area (Å²) in [5, 5.41) is 12.4. The van der Waals surface area contributed by atoms with Crippen molar-refractivity contribution in [3.05, 3.63) is 28.3 Å². The number of ether oxygens (including phenoxy) is 1. The van der Waals surface area contributed by atoms with E-state index in [0.717, 1.165) is 30.4 Å². The summed E-state index contributed by atoms with van der Waals surface area (Å²) in [6, 6.07) is 0. The average Bonchev–Trinajstić information content (AvgIpc) is 3.17. The minimum absolute atomic E-state index is 0.215. The molecule has 8 nitrogen and oxygen atoms in total. The van der Waals surface area contributed by atoms with Crippen LogP contribution < -0.4 is 5.32 Å². The Morgan fingerprint density at radius 2 is 1.90 bits per heavy atom. The first-order valence-corrected chi connectivity index (χ1v) is 11.5. The number of hydrogen-bond acceptors (Lipinski definition) is 6. The molecule has 2 heterocycles. The molecule has 0 spiro atoms. The number of thioether (sulfide) groups is 1. The smallest absolute Gasteiger partial charge is 0.340 e. The number of nitrogens with zero attached hydrogens (tertiary/aromatic N) is 3. The zero-order chi connectivity index (χ0) is 22.4. The van der Waals surface area contributed by atoms with Gasteiger partial charge in [-0.15, -0.1) is 10.2 Å². The van der Waals surface area contributed by atoms with Gasteiger partial charge in [-0.2, -0.15) is 0 Å². The molecular formula is C21H33N5O3S. The normalized spacial score (nSPS) is 11.4. The van der Waals surface area contributed by atoms with Gasteiger partial charge in [-0.1, -0.05) is 25.6 Å². The standard InChI is InChI=1S/C21H33N5O3S/c1-12(2)11-26-16(24-25-21(26)30-7)9-8-10-22-19(27)18-14(5)17(15(6)23-18)20(28)29-13(3)4/h12-13,23H,8-11H2,1-7H3,(H,22,27). The molecule has 166 valence electrons. The number of amides is 1. The lowest BCUT2D eigenvalue weighted by Crippen LogP contribution is -2.26. The van der Waals surface area contributed by atoms with E-state index < -0.39 is 5.97 Å². The quantitative estimate of drug-likeness (QED) is 0.336. The van der Waals surface area contributed by atoms with E-state index >= 15 is 0 Å². The zero-order valence-corrected chi connectivity index (χ0v) is 19.8. The summed E-state index contributed by atoms with van der Waals surface area (Å²) in [7, 11) is 0. The number of rotatable bonds is 10. The van der Waals surface area contributed by atoms with E-state index in [1.807, 2.05) is 6.26 Å². The summed E-state index contributed by atoms with van der Waals surface area (Å²) in [6.07, 6.45) is 3.26. The van der Waals surface area contributed by atoms with Gasteiger partial charge in [0.25, 0.3) is 5.91 Å². The first-order chi connectivity index (χ1) is 14.1. The highest BCUT2D eigenvalue weighted by molar-refractivity contribution is 7.98. The Bertz CT molecular complexity index is 886. The lowest BCUT2D eigenvalue weighted by Gasteiger charge is -2.11. The Morgan fingerprint density at radius 1 is 1.20 bits per heavy atom. The number of esters is 1. The van der Waals surface area contributed by atoms with Gasteiger partial charge in [-0.3, -0.25) is 4.79 Å². The number of hydrogen-bond donors (Lipinski definition) is 2. The van der Waals surface area contributed by atoms with Crippen molar-refractivity contribution in [2.45, 2.75) is 72.2 Å². The van der Waals surface area contributed by atoms with Gasteiger partial charge >= 0.3 is 5.97 Å². The van der Waals surface area contributed by atoms with E-state index in [9.17, 15) is 9.59 Å². The van der Waals surface area contributed by atoms with E-state index in [2.05, 4.69) is 38.9 Å². The minimum Gasteiger partial charge on any atom is -0.459 e. The fourth-order valence-electron chi connectivity index (χ4n) is 3.30. The summed E-state index contributed by atoms with van der Waals surface area (Å²) < 4.78 is 7.44. The molecule has 0 aromatic carbocycles. The highest BCUT2D eigenvalue weighted by atomic mass is 32.2. The largest absolute Gasteiger partial charge is 0.459 e. The molecule has 0 aliphatic rings. The van der Waals surface area contributed by atoms with Crippen molar-refractivity contribution in [1.82, 2.24) is 25.1 Å². The van der Waals surface area contributed by atoms with Crippen molar-refractivity contribution in [2.24, 2.45) is 5.92 Å². The van der Waals surface area contributed by atoms with Crippen LogP contribution in [-0.4, -0.2) is 50.5 Å². The van der Waals surface area contributed by atoms with Crippen molar-refractivity contribution in [3.63, 3.8) is 0 Å². The van der Waals surface area contributed by atoms with Gasteiger partial charge in [0, 0.05) is 25.2 Å². The number of aromatic nitrogens is 4. The van der Waals surface area contributed by atoms with Gasteiger partial charge in [-0.05, 0) is 51.9 Å². The molecule has 2 rings (SSSR count). The third-order valence-electron chi connectivity index (χ3n) is 4.60. The molecule has 2 aromatic rings. The van der Waals surface area contributed by atoms with E-state index in [1.54, 1.807) is 39.5 Å². The monoisotopic (exact) mass is 435 g/mol. The average molecular weight is 436 g/mol. The third-order valence-corrected chi connectivity index (χ3v) is 5.27. The van der Waals surface area contributed by atoms with Gasteiger partial charge in [0.1, 0.15) is 11.5 Å². The fourth-order valence-corrected chi connectivity index (χ4v) is 3.82. The van der Waals surface area contributed by atoms with Crippen molar-refractivity contribution in [3.8, 4) is 0 Å². The number of carbonyl (C=O) groups excluding carboxylic acids is 2. The second-order valence-corrected chi connectivity index (χ2v) is 8.82. The van der Waals surface area contributed by atoms with Crippen molar-refractivity contribution < 1.29 is 14.3 Å². The first kappa shape index (κ1) is 24.0. The Hall–Kier alpha value is -2.29. The van der Waals surface area contributed by atoms with E-state index in [4.69, 9.17) is 4.74 Å². The minimum atomic E-state index is -0.413. The second-order valence-electron chi connectivity index (χ2n) is 8.05. The number of carbonyl (C=O) groups is 2. The predicted octanol–water partition coefficient (Wildman–Crippen LogP) is 3.53. The molecule has 0 atom stereocenters. The van der Waals surface area contributed by atoms with Crippen molar-refractivity contribution in [2.75, 3.05) is 12.8 Å². The Morgan fingerprint density at radius 3 is 2.50 bits per heavy atom.